The molecular weight excluding hydrogens is 238 g/mol. The lowest BCUT2D eigenvalue weighted by Crippen LogP contribution is -2.18. The molecule has 0 bridgehead atoms. The summed E-state index contributed by atoms with van der Waals surface area (Å²) in [5.74, 6) is 1.60. The maximum atomic E-state index is 11.6. The van der Waals surface area contributed by atoms with Crippen molar-refractivity contribution in [3.8, 4) is 0 Å². The van der Waals surface area contributed by atoms with E-state index in [0.29, 0.717) is 24.0 Å². The Hall–Kier alpha value is 0.1000. The Labute approximate surface area is 95.9 Å². The molecule has 1 aromatic rings. The molecule has 1 rings (SSSR count). The molecule has 0 aliphatic carbocycles. The zero-order valence-corrected chi connectivity index (χ0v) is 10.4. The smallest absolute Gasteiger partial charge is 0.0931 e. The molecule has 1 aromatic heterocycles. The second kappa shape index (κ2) is 5.85. The van der Waals surface area contributed by atoms with Gasteiger partial charge in [0.25, 0.3) is 0 Å². The summed E-state index contributed by atoms with van der Waals surface area (Å²) >= 11 is 7.27. The lowest BCUT2D eigenvalue weighted by Gasteiger charge is -2.06. The van der Waals surface area contributed by atoms with Gasteiger partial charge in [-0.1, -0.05) is 18.5 Å². The molecule has 14 heavy (non-hydrogen) atoms. The number of thiophene rings is 1. The Kier molecular flexibility index (Phi) is 5.09. The first-order valence-electron chi connectivity index (χ1n) is 4.41. The molecule has 2 unspecified atom stereocenters. The molecule has 0 spiro atoms. The van der Waals surface area contributed by atoms with E-state index in [1.54, 1.807) is 0 Å². The quantitative estimate of drug-likeness (QED) is 0.872. The Morgan fingerprint density at radius 2 is 2.36 bits per heavy atom. The van der Waals surface area contributed by atoms with Gasteiger partial charge >= 0.3 is 0 Å². The van der Waals surface area contributed by atoms with E-state index in [1.165, 1.54) is 11.3 Å². The van der Waals surface area contributed by atoms with E-state index in [0.717, 1.165) is 9.21 Å². The molecular formula is C9H14ClNOS2. The number of halogens is 1. The molecule has 0 amide bonds. The number of hydrogen-bond donors (Lipinski definition) is 1. The summed E-state index contributed by atoms with van der Waals surface area (Å²) < 4.78 is 12.4. The van der Waals surface area contributed by atoms with Gasteiger partial charge in [-0.25, -0.2) is 0 Å². The maximum absolute atomic E-state index is 11.6. The summed E-state index contributed by atoms with van der Waals surface area (Å²) in [6.45, 7) is 2.61. The summed E-state index contributed by atoms with van der Waals surface area (Å²) in [4.78, 5) is 1.08. The highest BCUT2D eigenvalue weighted by Gasteiger charge is 2.08. The average molecular weight is 252 g/mol. The van der Waals surface area contributed by atoms with Gasteiger partial charge in [0, 0.05) is 21.4 Å². The molecule has 0 aliphatic rings. The van der Waals surface area contributed by atoms with E-state index in [9.17, 15) is 4.21 Å². The van der Waals surface area contributed by atoms with Gasteiger partial charge in [0.05, 0.1) is 10.1 Å². The minimum absolute atomic E-state index is 0.325. The first kappa shape index (κ1) is 12.2. The Bertz CT molecular complexity index is 314. The van der Waals surface area contributed by atoms with Crippen LogP contribution in [0.15, 0.2) is 12.1 Å². The van der Waals surface area contributed by atoms with Crippen molar-refractivity contribution >= 4 is 33.7 Å². The molecule has 2 nitrogen and oxygen atoms in total. The van der Waals surface area contributed by atoms with Crippen molar-refractivity contribution in [3.63, 3.8) is 0 Å². The molecule has 0 saturated heterocycles. The molecule has 0 aromatic carbocycles. The fourth-order valence-corrected chi connectivity index (χ4v) is 3.85. The summed E-state index contributed by atoms with van der Waals surface area (Å²) in [6.07, 6.45) is 0. The predicted molar refractivity (Wildman–Crippen MR) is 64.3 cm³/mol. The van der Waals surface area contributed by atoms with Crippen LogP contribution in [-0.4, -0.2) is 16.5 Å². The summed E-state index contributed by atoms with van der Waals surface area (Å²) in [6, 6.07) is 3.77. The highest BCUT2D eigenvalue weighted by Crippen LogP contribution is 2.22. The molecule has 0 saturated carbocycles. The van der Waals surface area contributed by atoms with E-state index in [-0.39, 0.29) is 0 Å². The van der Waals surface area contributed by atoms with Gasteiger partial charge in [-0.05, 0) is 24.6 Å². The molecule has 0 radical (unpaired) electrons. The lowest BCUT2D eigenvalue weighted by molar-refractivity contribution is 0.640. The minimum atomic E-state index is -0.816. The van der Waals surface area contributed by atoms with Crippen LogP contribution in [0.2, 0.25) is 4.34 Å². The first-order valence-corrected chi connectivity index (χ1v) is 7.09. The van der Waals surface area contributed by atoms with Crippen molar-refractivity contribution in [2.75, 3.05) is 12.3 Å². The van der Waals surface area contributed by atoms with Crippen LogP contribution in [0, 0.1) is 5.92 Å². The van der Waals surface area contributed by atoms with Crippen LogP contribution in [0.3, 0.4) is 0 Å². The van der Waals surface area contributed by atoms with Gasteiger partial charge < -0.3 is 5.73 Å². The third-order valence-electron chi connectivity index (χ3n) is 1.80. The largest absolute Gasteiger partial charge is 0.330 e. The Morgan fingerprint density at radius 1 is 1.64 bits per heavy atom. The maximum Gasteiger partial charge on any atom is 0.0931 e. The molecule has 2 atom stereocenters. The van der Waals surface area contributed by atoms with Gasteiger partial charge in [-0.15, -0.1) is 11.3 Å². The van der Waals surface area contributed by atoms with E-state index >= 15 is 0 Å². The number of nitrogens with two attached hydrogens (primary N) is 1. The highest BCUT2D eigenvalue weighted by atomic mass is 35.5. The van der Waals surface area contributed by atoms with E-state index in [1.807, 2.05) is 19.1 Å². The van der Waals surface area contributed by atoms with E-state index < -0.39 is 10.8 Å². The first-order chi connectivity index (χ1) is 6.61. The van der Waals surface area contributed by atoms with Gasteiger partial charge in [0.1, 0.15) is 0 Å². The number of hydrogen-bond acceptors (Lipinski definition) is 3. The Balaban J connectivity index is 2.41. The normalized spacial score (nSPS) is 15.4. The fraction of sp³-hybridized carbons (Fsp3) is 0.556. The molecule has 5 heteroatoms. The van der Waals surface area contributed by atoms with Crippen LogP contribution in [0.25, 0.3) is 0 Å². The van der Waals surface area contributed by atoms with E-state index in [2.05, 4.69) is 0 Å². The van der Waals surface area contributed by atoms with Crippen LogP contribution >= 0.6 is 22.9 Å². The van der Waals surface area contributed by atoms with Crippen LogP contribution in [0.1, 0.15) is 11.8 Å². The van der Waals surface area contributed by atoms with Crippen molar-refractivity contribution in [3.05, 3.63) is 21.3 Å². The topological polar surface area (TPSA) is 43.1 Å². The van der Waals surface area contributed by atoms with Gasteiger partial charge in [-0.2, -0.15) is 0 Å². The standard InChI is InChI=1S/C9H14ClNOS2/c1-7(4-11)5-14(12)6-8-2-3-9(10)13-8/h2-3,7H,4-6,11H2,1H3. The highest BCUT2D eigenvalue weighted by molar-refractivity contribution is 7.84. The second-order valence-corrected chi connectivity index (χ2v) is 6.60. The van der Waals surface area contributed by atoms with Crippen molar-refractivity contribution in [1.82, 2.24) is 0 Å². The van der Waals surface area contributed by atoms with Crippen molar-refractivity contribution in [2.24, 2.45) is 11.7 Å². The second-order valence-electron chi connectivity index (χ2n) is 3.30. The van der Waals surface area contributed by atoms with Gasteiger partial charge in [0.15, 0.2) is 0 Å². The number of rotatable bonds is 5. The van der Waals surface area contributed by atoms with Crippen LogP contribution in [0.5, 0.6) is 0 Å². The van der Waals surface area contributed by atoms with Crippen molar-refractivity contribution in [1.29, 1.82) is 0 Å². The SMILES string of the molecule is CC(CN)CS(=O)Cc1ccc(Cl)s1. The molecule has 2 N–H and O–H groups in total. The summed E-state index contributed by atoms with van der Waals surface area (Å²) in [7, 11) is -0.816. The third kappa shape index (κ3) is 4.09. The molecule has 80 valence electrons. The summed E-state index contributed by atoms with van der Waals surface area (Å²) in [5, 5.41) is 0. The zero-order valence-electron chi connectivity index (χ0n) is 8.03. The monoisotopic (exact) mass is 251 g/mol. The predicted octanol–water partition coefficient (Wildman–Crippen LogP) is 2.25. The molecule has 0 aliphatic heterocycles. The Morgan fingerprint density at radius 3 is 2.86 bits per heavy atom. The van der Waals surface area contributed by atoms with Gasteiger partial charge in [0.2, 0.25) is 0 Å². The van der Waals surface area contributed by atoms with Gasteiger partial charge in [-0.3, -0.25) is 4.21 Å². The third-order valence-corrected chi connectivity index (χ3v) is 4.79. The summed E-state index contributed by atoms with van der Waals surface area (Å²) in [5.41, 5.74) is 5.46. The lowest BCUT2D eigenvalue weighted by atomic mass is 10.2. The average Bonchev–Trinajstić information content (AvgIpc) is 2.50. The minimum Gasteiger partial charge on any atom is -0.330 e. The fourth-order valence-electron chi connectivity index (χ4n) is 1.03. The van der Waals surface area contributed by atoms with E-state index in [4.69, 9.17) is 17.3 Å². The van der Waals surface area contributed by atoms with Crippen LogP contribution in [0.4, 0.5) is 0 Å². The molecule has 0 fully saturated rings. The van der Waals surface area contributed by atoms with Crippen LogP contribution in [-0.2, 0) is 16.6 Å². The molecule has 1 heterocycles. The van der Waals surface area contributed by atoms with Crippen molar-refractivity contribution < 1.29 is 4.21 Å². The zero-order chi connectivity index (χ0) is 10.6. The van der Waals surface area contributed by atoms with Crippen molar-refractivity contribution in [2.45, 2.75) is 12.7 Å². The van der Waals surface area contributed by atoms with Crippen LogP contribution < -0.4 is 5.73 Å².